The number of carbonyl (C=O) groups is 1. The normalized spacial score (nSPS) is 60.9. The first-order valence-corrected chi connectivity index (χ1v) is 13.5. The largest absolute Gasteiger partial charge is 0.349 e. The number of hydrogen-bond donors (Lipinski definition) is 0. The van der Waals surface area contributed by atoms with E-state index in [9.17, 15) is 4.79 Å². The second-order valence-corrected chi connectivity index (χ2v) is 13.6. The van der Waals surface area contributed by atoms with Crippen LogP contribution in [0.5, 0.6) is 0 Å². The van der Waals surface area contributed by atoms with E-state index in [2.05, 4.69) is 34.6 Å². The Morgan fingerprint density at radius 1 is 0.935 bits per heavy atom. The van der Waals surface area contributed by atoms with Crippen LogP contribution in [0.3, 0.4) is 0 Å². The monoisotopic (exact) mass is 428 g/mol. The van der Waals surface area contributed by atoms with Crippen LogP contribution in [0.15, 0.2) is 0 Å². The molecule has 11 unspecified atom stereocenters. The number of ether oxygens (including phenoxy) is 2. The summed E-state index contributed by atoms with van der Waals surface area (Å²) in [4.78, 5) is 12.4. The van der Waals surface area contributed by atoms with Crippen molar-refractivity contribution in [3.05, 3.63) is 0 Å². The first-order valence-electron chi connectivity index (χ1n) is 13.5. The number of hydrogen-bond acceptors (Lipinski definition) is 3. The smallest absolute Gasteiger partial charge is 0.171 e. The highest BCUT2D eigenvalue weighted by Crippen LogP contribution is 2.73. The van der Waals surface area contributed by atoms with Gasteiger partial charge in [-0.05, 0) is 90.8 Å². The van der Waals surface area contributed by atoms with Gasteiger partial charge in [-0.25, -0.2) is 0 Å². The molecule has 2 saturated heterocycles. The summed E-state index contributed by atoms with van der Waals surface area (Å²) in [6, 6.07) is 0. The molecule has 3 nitrogen and oxygen atoms in total. The van der Waals surface area contributed by atoms with Crippen molar-refractivity contribution in [1.82, 2.24) is 0 Å². The molecular weight excluding hydrogens is 384 g/mol. The molecule has 11 atom stereocenters. The standard InChI is InChI=1S/C28H44O3/c1-17-6-13-28(30-16-17)18(2)24-23(31-28)14-22-20-8-10-25(3)15-19(29)7-12-27(25,5)21(20)9-11-26(22,24)4/h17-18,20-24H,6-16H2,1-5H3. The predicted molar refractivity (Wildman–Crippen MR) is 121 cm³/mol. The maximum atomic E-state index is 12.4. The average molecular weight is 429 g/mol. The molecule has 4 aliphatic carbocycles. The third-order valence-electron chi connectivity index (χ3n) is 12.4. The molecule has 0 amide bonds. The van der Waals surface area contributed by atoms with Gasteiger partial charge in [0.25, 0.3) is 0 Å². The lowest BCUT2D eigenvalue weighted by molar-refractivity contribution is -0.273. The van der Waals surface area contributed by atoms with E-state index in [1.807, 2.05) is 0 Å². The quantitative estimate of drug-likeness (QED) is 0.448. The fourth-order valence-electron chi connectivity index (χ4n) is 10.4. The molecule has 6 fully saturated rings. The van der Waals surface area contributed by atoms with Crippen molar-refractivity contribution in [2.45, 2.75) is 111 Å². The topological polar surface area (TPSA) is 35.5 Å². The summed E-state index contributed by atoms with van der Waals surface area (Å²) >= 11 is 0. The Labute approximate surface area is 189 Å². The van der Waals surface area contributed by atoms with Crippen LogP contribution >= 0.6 is 0 Å². The zero-order valence-corrected chi connectivity index (χ0v) is 20.5. The zero-order chi connectivity index (χ0) is 21.8. The minimum Gasteiger partial charge on any atom is -0.349 e. The van der Waals surface area contributed by atoms with Crippen LogP contribution in [0.25, 0.3) is 0 Å². The van der Waals surface area contributed by atoms with E-state index in [0.29, 0.717) is 40.5 Å². The summed E-state index contributed by atoms with van der Waals surface area (Å²) in [6.07, 6.45) is 12.0. The van der Waals surface area contributed by atoms with Crippen molar-refractivity contribution in [3.8, 4) is 0 Å². The van der Waals surface area contributed by atoms with Gasteiger partial charge in [-0.15, -0.1) is 0 Å². The SMILES string of the molecule is CC1CCC2(OC1)OC1CC3C4CCC5(C)CC(=O)CCC5(C)C4CCC3(C)C1C2C. The van der Waals surface area contributed by atoms with Crippen LogP contribution in [-0.2, 0) is 14.3 Å². The van der Waals surface area contributed by atoms with Gasteiger partial charge in [0, 0.05) is 25.2 Å². The molecule has 3 heteroatoms. The molecule has 0 aromatic carbocycles. The van der Waals surface area contributed by atoms with Gasteiger partial charge < -0.3 is 9.47 Å². The molecule has 31 heavy (non-hydrogen) atoms. The molecule has 6 aliphatic rings. The predicted octanol–water partition coefficient (Wildman–Crippen LogP) is 6.39. The van der Waals surface area contributed by atoms with E-state index < -0.39 is 0 Å². The van der Waals surface area contributed by atoms with Gasteiger partial charge in [0.15, 0.2) is 5.79 Å². The van der Waals surface area contributed by atoms with Crippen LogP contribution in [0.2, 0.25) is 0 Å². The van der Waals surface area contributed by atoms with Crippen molar-refractivity contribution < 1.29 is 14.3 Å². The molecule has 1 spiro atoms. The van der Waals surface area contributed by atoms with Gasteiger partial charge in [-0.3, -0.25) is 4.79 Å². The Hall–Kier alpha value is -0.410. The Kier molecular flexibility index (Phi) is 4.49. The lowest BCUT2D eigenvalue weighted by Crippen LogP contribution is -2.58. The van der Waals surface area contributed by atoms with Crippen molar-refractivity contribution in [3.63, 3.8) is 0 Å². The van der Waals surface area contributed by atoms with E-state index in [1.54, 1.807) is 0 Å². The Morgan fingerprint density at radius 3 is 2.48 bits per heavy atom. The molecular formula is C28H44O3. The fraction of sp³-hybridized carbons (Fsp3) is 0.964. The first-order chi connectivity index (χ1) is 14.6. The molecule has 0 radical (unpaired) electrons. The number of rotatable bonds is 0. The summed E-state index contributed by atoms with van der Waals surface area (Å²) in [6.45, 7) is 13.3. The van der Waals surface area contributed by atoms with Gasteiger partial charge in [-0.2, -0.15) is 0 Å². The van der Waals surface area contributed by atoms with Gasteiger partial charge in [0.1, 0.15) is 5.78 Å². The summed E-state index contributed by atoms with van der Waals surface area (Å²) in [5.41, 5.74) is 0.973. The van der Waals surface area contributed by atoms with E-state index >= 15 is 0 Å². The van der Waals surface area contributed by atoms with Crippen LogP contribution in [0.1, 0.15) is 98.8 Å². The highest BCUT2D eigenvalue weighted by Gasteiger charge is 2.70. The van der Waals surface area contributed by atoms with Crippen LogP contribution in [0, 0.1) is 51.8 Å². The average Bonchev–Trinajstić information content (AvgIpc) is 3.16. The van der Waals surface area contributed by atoms with Gasteiger partial charge in [-0.1, -0.05) is 34.6 Å². The minimum atomic E-state index is -0.298. The summed E-state index contributed by atoms with van der Waals surface area (Å²) in [5.74, 6) is 4.47. The van der Waals surface area contributed by atoms with Gasteiger partial charge >= 0.3 is 0 Å². The minimum absolute atomic E-state index is 0.228. The maximum absolute atomic E-state index is 12.4. The fourth-order valence-corrected chi connectivity index (χ4v) is 10.4. The molecule has 4 saturated carbocycles. The Morgan fingerprint density at radius 2 is 1.74 bits per heavy atom. The van der Waals surface area contributed by atoms with Crippen LogP contribution in [-0.4, -0.2) is 24.3 Å². The van der Waals surface area contributed by atoms with Gasteiger partial charge in [0.05, 0.1) is 12.7 Å². The maximum Gasteiger partial charge on any atom is 0.171 e. The third-order valence-corrected chi connectivity index (χ3v) is 12.4. The third kappa shape index (κ3) is 2.63. The lowest BCUT2D eigenvalue weighted by Gasteiger charge is -2.64. The molecule has 0 aromatic heterocycles. The van der Waals surface area contributed by atoms with Crippen molar-refractivity contribution in [2.24, 2.45) is 51.8 Å². The number of fused-ring (bicyclic) bond motifs is 7. The Bertz CT molecular complexity index is 768. The lowest BCUT2D eigenvalue weighted by atomic mass is 9.40. The van der Waals surface area contributed by atoms with Gasteiger partial charge in [0.2, 0.25) is 0 Å². The molecule has 0 bridgehead atoms. The van der Waals surface area contributed by atoms with Crippen molar-refractivity contribution in [2.75, 3.05) is 6.61 Å². The number of carbonyl (C=O) groups excluding carboxylic acids is 1. The number of ketones is 1. The molecule has 174 valence electrons. The van der Waals surface area contributed by atoms with Crippen LogP contribution in [0.4, 0.5) is 0 Å². The van der Waals surface area contributed by atoms with E-state index in [-0.39, 0.29) is 11.2 Å². The second kappa shape index (κ2) is 6.59. The number of Topliss-reactive ketones (excluding diaryl/α,β-unsaturated/α-hetero) is 1. The van der Waals surface area contributed by atoms with E-state index in [0.717, 1.165) is 50.0 Å². The molecule has 2 aliphatic heterocycles. The summed E-state index contributed by atoms with van der Waals surface area (Å²) in [7, 11) is 0. The van der Waals surface area contributed by atoms with Crippen molar-refractivity contribution in [1.29, 1.82) is 0 Å². The van der Waals surface area contributed by atoms with E-state index in [4.69, 9.17) is 9.47 Å². The highest BCUT2D eigenvalue weighted by molar-refractivity contribution is 5.80. The van der Waals surface area contributed by atoms with Crippen molar-refractivity contribution >= 4 is 5.78 Å². The molecule has 2 heterocycles. The summed E-state index contributed by atoms with van der Waals surface area (Å²) < 4.78 is 13.4. The zero-order valence-electron chi connectivity index (χ0n) is 20.5. The first kappa shape index (κ1) is 21.1. The summed E-state index contributed by atoms with van der Waals surface area (Å²) in [5, 5.41) is 0. The van der Waals surface area contributed by atoms with E-state index in [1.165, 1.54) is 38.5 Å². The molecule has 0 aromatic rings. The molecule has 6 rings (SSSR count). The van der Waals surface area contributed by atoms with Crippen LogP contribution < -0.4 is 0 Å². The highest BCUT2D eigenvalue weighted by atomic mass is 16.7. The molecule has 0 N–H and O–H groups in total. The second-order valence-electron chi connectivity index (χ2n) is 13.6. The Balaban J connectivity index is 1.28.